The van der Waals surface area contributed by atoms with Gasteiger partial charge in [-0.3, -0.25) is 14.6 Å². The molecule has 1 fully saturated rings. The first-order chi connectivity index (χ1) is 11.5. The van der Waals surface area contributed by atoms with Crippen molar-refractivity contribution < 1.29 is 9.59 Å². The Morgan fingerprint density at radius 1 is 1.33 bits per heavy atom. The van der Waals surface area contributed by atoms with Gasteiger partial charge < -0.3 is 10.6 Å². The zero-order valence-electron chi connectivity index (χ0n) is 13.8. The zero-order valence-corrected chi connectivity index (χ0v) is 14.7. The molecule has 0 bridgehead atoms. The van der Waals surface area contributed by atoms with Crippen molar-refractivity contribution in [2.75, 3.05) is 5.32 Å². The highest BCUT2D eigenvalue weighted by molar-refractivity contribution is 7.14. The lowest BCUT2D eigenvalue weighted by atomic mass is 10.2. The van der Waals surface area contributed by atoms with Crippen molar-refractivity contribution in [2.24, 2.45) is 5.92 Å². The third kappa shape index (κ3) is 4.20. The zero-order chi connectivity index (χ0) is 17.1. The summed E-state index contributed by atoms with van der Waals surface area (Å²) in [6, 6.07) is 6.79. The van der Waals surface area contributed by atoms with Gasteiger partial charge in [0.25, 0.3) is 5.91 Å². The van der Waals surface area contributed by atoms with Gasteiger partial charge in [0.1, 0.15) is 6.04 Å². The molecule has 5 nitrogen and oxygen atoms in total. The number of thiophene rings is 1. The Kier molecular flexibility index (Phi) is 4.94. The molecule has 2 aromatic rings. The molecule has 0 spiro atoms. The number of carbonyl (C=O) groups excluding carboxylic acids is 2. The van der Waals surface area contributed by atoms with Gasteiger partial charge in [-0.25, -0.2) is 0 Å². The molecule has 3 rings (SSSR count). The number of carbonyl (C=O) groups is 2. The first-order valence-corrected chi connectivity index (χ1v) is 8.96. The number of rotatable bonds is 6. The number of hydrogen-bond donors (Lipinski definition) is 2. The monoisotopic (exact) mass is 343 g/mol. The van der Waals surface area contributed by atoms with Crippen LogP contribution in [-0.2, 0) is 11.2 Å². The molecule has 0 aliphatic heterocycles. The summed E-state index contributed by atoms with van der Waals surface area (Å²) < 4.78 is 0. The topological polar surface area (TPSA) is 71.1 Å². The van der Waals surface area contributed by atoms with Gasteiger partial charge in [0.05, 0.1) is 16.3 Å². The van der Waals surface area contributed by atoms with Crippen molar-refractivity contribution in [1.82, 2.24) is 10.3 Å². The van der Waals surface area contributed by atoms with Crippen molar-refractivity contribution in [3.05, 3.63) is 45.9 Å². The predicted molar refractivity (Wildman–Crippen MR) is 95.3 cm³/mol. The SMILES string of the molecule is Cc1ncccc1NC(=O)[C@H](C)NC(=O)c1ccc(CC2CC2)s1. The molecular formula is C18H21N3O2S. The van der Waals surface area contributed by atoms with Crippen LogP contribution in [0.1, 0.15) is 40.0 Å². The summed E-state index contributed by atoms with van der Waals surface area (Å²) in [5, 5.41) is 5.55. The smallest absolute Gasteiger partial charge is 0.261 e. The maximum absolute atomic E-state index is 12.3. The molecule has 2 amide bonds. The number of aryl methyl sites for hydroxylation is 1. The number of hydrogen-bond acceptors (Lipinski definition) is 4. The number of anilines is 1. The second-order valence-corrected chi connectivity index (χ2v) is 7.40. The van der Waals surface area contributed by atoms with Crippen LogP contribution < -0.4 is 10.6 Å². The van der Waals surface area contributed by atoms with Gasteiger partial charge in [0.2, 0.25) is 5.91 Å². The van der Waals surface area contributed by atoms with Crippen LogP contribution in [0, 0.1) is 12.8 Å². The molecule has 0 aromatic carbocycles. The van der Waals surface area contributed by atoms with E-state index in [1.54, 1.807) is 25.3 Å². The minimum Gasteiger partial charge on any atom is -0.340 e. The van der Waals surface area contributed by atoms with Crippen LogP contribution >= 0.6 is 11.3 Å². The molecule has 126 valence electrons. The fourth-order valence-electron chi connectivity index (χ4n) is 2.41. The summed E-state index contributed by atoms with van der Waals surface area (Å²) in [6.07, 6.45) is 5.33. The summed E-state index contributed by atoms with van der Waals surface area (Å²) in [7, 11) is 0. The molecule has 1 aliphatic rings. The standard InChI is InChI=1S/C18H21N3O2S/c1-11-15(4-3-9-19-11)21-17(22)12(2)20-18(23)16-8-7-14(24-16)10-13-5-6-13/h3-4,7-9,12-13H,5-6,10H2,1-2H3,(H,20,23)(H,21,22)/t12-/m0/s1. The van der Waals surface area contributed by atoms with E-state index in [4.69, 9.17) is 0 Å². The van der Waals surface area contributed by atoms with Crippen LogP contribution in [0.5, 0.6) is 0 Å². The van der Waals surface area contributed by atoms with Crippen molar-refractivity contribution in [3.63, 3.8) is 0 Å². The van der Waals surface area contributed by atoms with E-state index in [0.717, 1.165) is 18.0 Å². The fraction of sp³-hybridized carbons (Fsp3) is 0.389. The molecule has 6 heteroatoms. The summed E-state index contributed by atoms with van der Waals surface area (Å²) in [6.45, 7) is 3.50. The normalized spacial score (nSPS) is 14.9. The quantitative estimate of drug-likeness (QED) is 0.846. The van der Waals surface area contributed by atoms with E-state index >= 15 is 0 Å². The van der Waals surface area contributed by atoms with Crippen LogP contribution in [0.15, 0.2) is 30.5 Å². The summed E-state index contributed by atoms with van der Waals surface area (Å²) in [5.41, 5.74) is 1.40. The average molecular weight is 343 g/mol. The van der Waals surface area contributed by atoms with Gasteiger partial charge in [-0.1, -0.05) is 0 Å². The molecule has 1 atom stereocenters. The van der Waals surface area contributed by atoms with E-state index in [0.29, 0.717) is 10.6 Å². The van der Waals surface area contributed by atoms with E-state index in [-0.39, 0.29) is 11.8 Å². The molecule has 2 heterocycles. The number of pyridine rings is 1. The van der Waals surface area contributed by atoms with E-state index in [9.17, 15) is 9.59 Å². The average Bonchev–Trinajstić information content (AvgIpc) is 3.24. The summed E-state index contributed by atoms with van der Waals surface area (Å²) >= 11 is 1.52. The van der Waals surface area contributed by atoms with E-state index < -0.39 is 6.04 Å². The number of aromatic nitrogens is 1. The highest BCUT2D eigenvalue weighted by Crippen LogP contribution is 2.34. The van der Waals surface area contributed by atoms with Gasteiger partial charge in [0, 0.05) is 11.1 Å². The van der Waals surface area contributed by atoms with Crippen molar-refractivity contribution in [2.45, 2.75) is 39.2 Å². The number of nitrogens with zero attached hydrogens (tertiary/aromatic N) is 1. The van der Waals surface area contributed by atoms with Crippen molar-refractivity contribution in [1.29, 1.82) is 0 Å². The minimum absolute atomic E-state index is 0.201. The van der Waals surface area contributed by atoms with Crippen LogP contribution in [0.2, 0.25) is 0 Å². The third-order valence-corrected chi connectivity index (χ3v) is 5.18. The van der Waals surface area contributed by atoms with Gasteiger partial charge in [0.15, 0.2) is 0 Å². The van der Waals surface area contributed by atoms with Crippen LogP contribution in [0.4, 0.5) is 5.69 Å². The Morgan fingerprint density at radius 2 is 2.12 bits per heavy atom. The highest BCUT2D eigenvalue weighted by Gasteiger charge is 2.23. The Hall–Kier alpha value is -2.21. The largest absolute Gasteiger partial charge is 0.340 e. The van der Waals surface area contributed by atoms with Crippen molar-refractivity contribution in [3.8, 4) is 0 Å². The molecular weight excluding hydrogens is 322 g/mol. The fourth-order valence-corrected chi connectivity index (χ4v) is 3.43. The second kappa shape index (κ2) is 7.13. The Morgan fingerprint density at radius 3 is 2.83 bits per heavy atom. The maximum atomic E-state index is 12.3. The molecule has 1 aliphatic carbocycles. The third-order valence-electron chi connectivity index (χ3n) is 4.08. The van der Waals surface area contributed by atoms with Crippen LogP contribution in [0.25, 0.3) is 0 Å². The van der Waals surface area contributed by atoms with Crippen LogP contribution in [-0.4, -0.2) is 22.8 Å². The number of amides is 2. The molecule has 1 saturated carbocycles. The molecule has 24 heavy (non-hydrogen) atoms. The second-order valence-electron chi connectivity index (χ2n) is 6.23. The van der Waals surface area contributed by atoms with Crippen molar-refractivity contribution >= 4 is 28.8 Å². The minimum atomic E-state index is -0.619. The summed E-state index contributed by atoms with van der Waals surface area (Å²) in [5.74, 6) is 0.341. The molecule has 2 aromatic heterocycles. The lowest BCUT2D eigenvalue weighted by molar-refractivity contribution is -0.117. The lowest BCUT2D eigenvalue weighted by Crippen LogP contribution is -2.41. The Bertz CT molecular complexity index is 752. The molecule has 2 N–H and O–H groups in total. The first kappa shape index (κ1) is 16.6. The van der Waals surface area contributed by atoms with Crippen LogP contribution in [0.3, 0.4) is 0 Å². The van der Waals surface area contributed by atoms with Gasteiger partial charge in [-0.2, -0.15) is 0 Å². The Labute approximate surface area is 145 Å². The maximum Gasteiger partial charge on any atom is 0.261 e. The summed E-state index contributed by atoms with van der Waals surface area (Å²) in [4.78, 5) is 30.6. The lowest BCUT2D eigenvalue weighted by Gasteiger charge is -2.14. The highest BCUT2D eigenvalue weighted by atomic mass is 32.1. The first-order valence-electron chi connectivity index (χ1n) is 8.15. The predicted octanol–water partition coefficient (Wildman–Crippen LogP) is 3.16. The van der Waals surface area contributed by atoms with E-state index in [1.807, 2.05) is 19.1 Å². The number of nitrogens with one attached hydrogen (secondary N) is 2. The van der Waals surface area contributed by atoms with E-state index in [1.165, 1.54) is 29.1 Å². The van der Waals surface area contributed by atoms with Gasteiger partial charge in [-0.05, 0) is 63.3 Å². The van der Waals surface area contributed by atoms with Gasteiger partial charge in [-0.15, -0.1) is 11.3 Å². The van der Waals surface area contributed by atoms with E-state index in [2.05, 4.69) is 15.6 Å². The molecule has 0 saturated heterocycles. The molecule has 0 unspecified atom stereocenters. The van der Waals surface area contributed by atoms with Gasteiger partial charge >= 0.3 is 0 Å². The molecule has 0 radical (unpaired) electrons. The Balaban J connectivity index is 1.55.